The van der Waals surface area contributed by atoms with Gasteiger partial charge in [-0.15, -0.1) is 23.1 Å². The zero-order chi connectivity index (χ0) is 22.6. The standard InChI is InChI=1S/C21H20FN3O4S3/c22-18-6-5-15(11-20(18)32(27,28)25-7-9-29-10-8-25)24-21(26)17-3-1-2-4-19(17)31-13-16-12-30-14-23-16/h1-6,11-12,14H,7-10,13H2,(H,24,26). The lowest BCUT2D eigenvalue weighted by molar-refractivity contribution is 0.0729. The van der Waals surface area contributed by atoms with E-state index >= 15 is 0 Å². The molecular weight excluding hydrogens is 473 g/mol. The quantitative estimate of drug-likeness (QED) is 0.503. The Morgan fingerprint density at radius 3 is 2.75 bits per heavy atom. The molecule has 4 rings (SSSR count). The molecule has 7 nitrogen and oxygen atoms in total. The molecule has 1 aromatic heterocycles. The van der Waals surface area contributed by atoms with E-state index in [1.165, 1.54) is 33.5 Å². The highest BCUT2D eigenvalue weighted by molar-refractivity contribution is 7.98. The van der Waals surface area contributed by atoms with Crippen molar-refractivity contribution in [3.63, 3.8) is 0 Å². The van der Waals surface area contributed by atoms with E-state index in [1.807, 2.05) is 17.5 Å². The Balaban J connectivity index is 1.54. The number of aromatic nitrogens is 1. The van der Waals surface area contributed by atoms with Crippen molar-refractivity contribution in [1.82, 2.24) is 9.29 Å². The summed E-state index contributed by atoms with van der Waals surface area (Å²) in [5, 5.41) is 4.64. The van der Waals surface area contributed by atoms with Crippen molar-refractivity contribution in [2.45, 2.75) is 15.5 Å². The molecule has 1 N–H and O–H groups in total. The predicted molar refractivity (Wildman–Crippen MR) is 122 cm³/mol. The van der Waals surface area contributed by atoms with Crippen LogP contribution in [0, 0.1) is 5.82 Å². The van der Waals surface area contributed by atoms with E-state index in [-0.39, 0.29) is 32.0 Å². The fourth-order valence-electron chi connectivity index (χ4n) is 3.14. The van der Waals surface area contributed by atoms with Gasteiger partial charge in [-0.05, 0) is 30.3 Å². The van der Waals surface area contributed by atoms with Crippen LogP contribution in [0.1, 0.15) is 16.1 Å². The Hall–Kier alpha value is -2.31. The highest BCUT2D eigenvalue weighted by Gasteiger charge is 2.29. The molecule has 0 atom stereocenters. The fraction of sp³-hybridized carbons (Fsp3) is 0.238. The van der Waals surface area contributed by atoms with Gasteiger partial charge in [0.15, 0.2) is 0 Å². The number of hydrogen-bond acceptors (Lipinski definition) is 7. The van der Waals surface area contributed by atoms with Crippen LogP contribution in [0.3, 0.4) is 0 Å². The minimum Gasteiger partial charge on any atom is -0.379 e. The summed E-state index contributed by atoms with van der Waals surface area (Å²) in [7, 11) is -4.04. The summed E-state index contributed by atoms with van der Waals surface area (Å²) in [4.78, 5) is 17.5. The third-order valence-corrected chi connectivity index (χ3v) is 8.42. The Kier molecular flexibility index (Phi) is 7.21. The van der Waals surface area contributed by atoms with Crippen LogP contribution in [0.5, 0.6) is 0 Å². The molecule has 168 valence electrons. The second kappa shape index (κ2) is 10.1. The second-order valence-electron chi connectivity index (χ2n) is 6.88. The molecular formula is C21H20FN3O4S3. The predicted octanol–water partition coefficient (Wildman–Crippen LogP) is 3.85. The second-order valence-corrected chi connectivity index (χ2v) is 10.5. The van der Waals surface area contributed by atoms with Crippen molar-refractivity contribution in [2.24, 2.45) is 0 Å². The number of amides is 1. The molecule has 0 saturated carbocycles. The lowest BCUT2D eigenvalue weighted by atomic mass is 10.2. The van der Waals surface area contributed by atoms with Gasteiger partial charge in [0.25, 0.3) is 5.91 Å². The van der Waals surface area contributed by atoms with Gasteiger partial charge in [-0.1, -0.05) is 12.1 Å². The highest BCUT2D eigenvalue weighted by Crippen LogP contribution is 2.28. The normalized spacial score (nSPS) is 14.9. The molecule has 32 heavy (non-hydrogen) atoms. The Labute approximate surface area is 193 Å². The third-order valence-electron chi connectivity index (χ3n) is 4.77. The van der Waals surface area contributed by atoms with Crippen LogP contribution in [0.25, 0.3) is 0 Å². The largest absolute Gasteiger partial charge is 0.379 e. The number of carbonyl (C=O) groups is 1. The molecule has 2 aromatic carbocycles. The van der Waals surface area contributed by atoms with Gasteiger partial charge in [0.05, 0.1) is 30.0 Å². The fourth-order valence-corrected chi connectivity index (χ4v) is 6.26. The maximum Gasteiger partial charge on any atom is 0.256 e. The molecule has 1 aliphatic rings. The van der Waals surface area contributed by atoms with Crippen LogP contribution < -0.4 is 5.32 Å². The van der Waals surface area contributed by atoms with Gasteiger partial charge in [0.2, 0.25) is 10.0 Å². The average molecular weight is 494 g/mol. The van der Waals surface area contributed by atoms with Gasteiger partial charge in [0.1, 0.15) is 10.7 Å². The van der Waals surface area contributed by atoms with Crippen molar-refractivity contribution >= 4 is 44.7 Å². The molecule has 3 aromatic rings. The average Bonchev–Trinajstić information content (AvgIpc) is 3.33. The van der Waals surface area contributed by atoms with Gasteiger partial charge >= 0.3 is 0 Å². The van der Waals surface area contributed by atoms with Crippen molar-refractivity contribution < 1.29 is 22.3 Å². The first-order valence-electron chi connectivity index (χ1n) is 9.73. The van der Waals surface area contributed by atoms with E-state index in [1.54, 1.807) is 17.6 Å². The number of rotatable bonds is 7. The number of anilines is 1. The minimum atomic E-state index is -4.04. The summed E-state index contributed by atoms with van der Waals surface area (Å²) in [6, 6.07) is 10.7. The van der Waals surface area contributed by atoms with E-state index in [9.17, 15) is 17.6 Å². The molecule has 1 saturated heterocycles. The van der Waals surface area contributed by atoms with Crippen LogP contribution in [0.15, 0.2) is 63.1 Å². The summed E-state index contributed by atoms with van der Waals surface area (Å²) in [6.07, 6.45) is 0. The molecule has 2 heterocycles. The van der Waals surface area contributed by atoms with Gasteiger partial charge in [-0.3, -0.25) is 4.79 Å². The summed E-state index contributed by atoms with van der Waals surface area (Å²) in [6.45, 7) is 0.823. The van der Waals surface area contributed by atoms with Crippen LogP contribution >= 0.6 is 23.1 Å². The van der Waals surface area contributed by atoms with E-state index in [4.69, 9.17) is 4.74 Å². The van der Waals surface area contributed by atoms with E-state index in [0.717, 1.165) is 22.7 Å². The molecule has 0 radical (unpaired) electrons. The zero-order valence-electron chi connectivity index (χ0n) is 16.9. The van der Waals surface area contributed by atoms with Gasteiger partial charge in [0, 0.05) is 34.8 Å². The van der Waals surface area contributed by atoms with E-state index < -0.39 is 26.6 Å². The van der Waals surface area contributed by atoms with Crippen molar-refractivity contribution in [1.29, 1.82) is 0 Å². The first kappa shape index (κ1) is 22.9. The molecule has 1 amide bonds. The van der Waals surface area contributed by atoms with Crippen molar-refractivity contribution in [3.8, 4) is 0 Å². The number of nitrogens with zero attached hydrogens (tertiary/aromatic N) is 2. The van der Waals surface area contributed by atoms with E-state index in [0.29, 0.717) is 11.3 Å². The first-order valence-corrected chi connectivity index (χ1v) is 13.1. The number of hydrogen-bond donors (Lipinski definition) is 1. The smallest absolute Gasteiger partial charge is 0.256 e. The number of halogens is 1. The lowest BCUT2D eigenvalue weighted by Gasteiger charge is -2.26. The topological polar surface area (TPSA) is 88.6 Å². The summed E-state index contributed by atoms with van der Waals surface area (Å²) < 4.78 is 46.5. The van der Waals surface area contributed by atoms with Crippen molar-refractivity contribution in [2.75, 3.05) is 31.6 Å². The number of thiazole rings is 1. The summed E-state index contributed by atoms with van der Waals surface area (Å²) >= 11 is 2.99. The van der Waals surface area contributed by atoms with Gasteiger partial charge < -0.3 is 10.1 Å². The van der Waals surface area contributed by atoms with Crippen molar-refractivity contribution in [3.05, 3.63) is 70.4 Å². The Morgan fingerprint density at radius 1 is 1.22 bits per heavy atom. The molecule has 0 spiro atoms. The third kappa shape index (κ3) is 5.18. The van der Waals surface area contributed by atoms with Crippen LogP contribution in [0.2, 0.25) is 0 Å². The molecule has 0 unspecified atom stereocenters. The zero-order valence-corrected chi connectivity index (χ0v) is 19.3. The van der Waals surface area contributed by atoms with Gasteiger partial charge in [-0.25, -0.2) is 17.8 Å². The molecule has 1 aliphatic heterocycles. The van der Waals surface area contributed by atoms with Crippen LogP contribution in [0.4, 0.5) is 10.1 Å². The lowest BCUT2D eigenvalue weighted by Crippen LogP contribution is -2.40. The molecule has 1 fully saturated rings. The molecule has 0 aliphatic carbocycles. The number of morpholine rings is 1. The number of nitrogens with one attached hydrogen (secondary N) is 1. The first-order chi connectivity index (χ1) is 15.4. The monoisotopic (exact) mass is 493 g/mol. The molecule has 0 bridgehead atoms. The number of benzene rings is 2. The Morgan fingerprint density at radius 2 is 2.00 bits per heavy atom. The SMILES string of the molecule is O=C(Nc1ccc(F)c(S(=O)(=O)N2CCOCC2)c1)c1ccccc1SCc1cscn1. The van der Waals surface area contributed by atoms with Crippen LogP contribution in [-0.4, -0.2) is 49.9 Å². The number of carbonyl (C=O) groups excluding carboxylic acids is 1. The van der Waals surface area contributed by atoms with Crippen LogP contribution in [-0.2, 0) is 20.5 Å². The van der Waals surface area contributed by atoms with E-state index in [2.05, 4.69) is 10.3 Å². The molecule has 11 heteroatoms. The number of sulfonamides is 1. The summed E-state index contributed by atoms with van der Waals surface area (Å²) in [5.41, 5.74) is 3.31. The number of ether oxygens (including phenoxy) is 1. The maximum absolute atomic E-state index is 14.4. The minimum absolute atomic E-state index is 0.155. The highest BCUT2D eigenvalue weighted by atomic mass is 32.2. The maximum atomic E-state index is 14.4. The summed E-state index contributed by atoms with van der Waals surface area (Å²) in [5.74, 6) is -0.659. The van der Waals surface area contributed by atoms with Gasteiger partial charge in [-0.2, -0.15) is 4.31 Å². The Bertz CT molecular complexity index is 1200. The number of thioether (sulfide) groups is 1.